The van der Waals surface area contributed by atoms with Gasteiger partial charge < -0.3 is 60.5 Å². The molecule has 6 atom stereocenters. The number of benzene rings is 8. The molecule has 0 spiro atoms. The van der Waals surface area contributed by atoms with E-state index in [0.29, 0.717) is 78.3 Å². The van der Waals surface area contributed by atoms with Gasteiger partial charge in [0, 0.05) is 58.4 Å². The van der Waals surface area contributed by atoms with Gasteiger partial charge in [-0.3, -0.25) is 0 Å². The molecule has 338 valence electrons. The van der Waals surface area contributed by atoms with Crippen LogP contribution in [0.1, 0.15) is 103 Å². The molecular weight excluding hydrogens is 865 g/mol. The van der Waals surface area contributed by atoms with E-state index < -0.39 is 35.9 Å². The molecule has 0 fully saturated rings. The Balaban J connectivity index is 1.10. The second-order valence-electron chi connectivity index (χ2n) is 17.6. The average molecular weight is 907 g/mol. The molecule has 0 unspecified atom stereocenters. The van der Waals surface area contributed by atoms with Crippen molar-refractivity contribution in [3.63, 3.8) is 0 Å². The molecule has 1 aliphatic carbocycles. The zero-order valence-electron chi connectivity index (χ0n) is 35.8. The summed E-state index contributed by atoms with van der Waals surface area (Å²) in [4.78, 5) is 0. The number of phenols is 10. The van der Waals surface area contributed by atoms with Gasteiger partial charge in [0.1, 0.15) is 81.2 Å². The van der Waals surface area contributed by atoms with E-state index in [1.54, 1.807) is 97.1 Å². The topological polar surface area (TPSA) is 221 Å². The third-order valence-corrected chi connectivity index (χ3v) is 13.4. The van der Waals surface area contributed by atoms with Gasteiger partial charge in [-0.1, -0.05) is 54.6 Å². The van der Waals surface area contributed by atoms with Gasteiger partial charge in [0.15, 0.2) is 0 Å². The quantitative estimate of drug-likeness (QED) is 0.0675. The van der Waals surface area contributed by atoms with E-state index in [2.05, 4.69) is 0 Å². The Hall–Kier alpha value is -8.90. The number of rotatable bonds is 7. The van der Waals surface area contributed by atoms with Crippen LogP contribution in [0.3, 0.4) is 0 Å². The number of fused-ring (bicyclic) bond motifs is 3. The van der Waals surface area contributed by atoms with Crippen LogP contribution in [0.2, 0.25) is 0 Å². The summed E-state index contributed by atoms with van der Waals surface area (Å²) >= 11 is 0. The Labute approximate surface area is 388 Å². The zero-order valence-corrected chi connectivity index (χ0v) is 35.8. The van der Waals surface area contributed by atoms with Crippen molar-refractivity contribution in [1.82, 2.24) is 0 Å². The fourth-order valence-electron chi connectivity index (χ4n) is 10.6. The molecule has 12 heteroatoms. The van der Waals surface area contributed by atoms with Gasteiger partial charge in [0.2, 0.25) is 0 Å². The molecule has 0 amide bonds. The van der Waals surface area contributed by atoms with Gasteiger partial charge in [0.05, 0.1) is 11.8 Å². The molecule has 68 heavy (non-hydrogen) atoms. The minimum atomic E-state index is -0.859. The number of aromatic hydroxyl groups is 10. The summed E-state index contributed by atoms with van der Waals surface area (Å²) in [6.45, 7) is 0. The molecule has 0 radical (unpaired) electrons. The molecule has 0 saturated carbocycles. The maximum absolute atomic E-state index is 12.1. The minimum absolute atomic E-state index is 0.00509. The first-order valence-corrected chi connectivity index (χ1v) is 21.8. The summed E-state index contributed by atoms with van der Waals surface area (Å²) < 4.78 is 13.2. The van der Waals surface area contributed by atoms with Crippen LogP contribution < -0.4 is 9.47 Å². The van der Waals surface area contributed by atoms with Gasteiger partial charge in [-0.25, -0.2) is 0 Å². The minimum Gasteiger partial charge on any atom is -0.508 e. The first-order valence-electron chi connectivity index (χ1n) is 21.8. The van der Waals surface area contributed by atoms with Crippen molar-refractivity contribution < 1.29 is 60.5 Å². The highest BCUT2D eigenvalue weighted by Gasteiger charge is 2.48. The number of hydrogen-bond acceptors (Lipinski definition) is 12. The van der Waals surface area contributed by atoms with Crippen molar-refractivity contribution in [3.8, 4) is 69.0 Å². The highest BCUT2D eigenvalue weighted by atomic mass is 16.5. The van der Waals surface area contributed by atoms with Gasteiger partial charge in [0.25, 0.3) is 0 Å². The van der Waals surface area contributed by atoms with E-state index in [0.717, 1.165) is 0 Å². The van der Waals surface area contributed by atoms with Crippen LogP contribution in [0.4, 0.5) is 0 Å². The van der Waals surface area contributed by atoms with Crippen molar-refractivity contribution >= 4 is 12.2 Å². The smallest absolute Gasteiger partial charge is 0.135 e. The fourth-order valence-corrected chi connectivity index (χ4v) is 10.6. The summed E-state index contributed by atoms with van der Waals surface area (Å²) in [5.41, 5.74) is 6.91. The van der Waals surface area contributed by atoms with E-state index in [9.17, 15) is 51.1 Å². The maximum Gasteiger partial charge on any atom is 0.135 e. The summed E-state index contributed by atoms with van der Waals surface area (Å²) in [6, 6.07) is 38.0. The van der Waals surface area contributed by atoms with Crippen molar-refractivity contribution in [2.75, 3.05) is 0 Å². The lowest BCUT2D eigenvalue weighted by Crippen LogP contribution is -2.16. The lowest BCUT2D eigenvalue weighted by molar-refractivity contribution is 0.221. The van der Waals surface area contributed by atoms with E-state index in [1.165, 1.54) is 60.7 Å². The predicted molar refractivity (Wildman–Crippen MR) is 251 cm³/mol. The van der Waals surface area contributed by atoms with Crippen LogP contribution in [0.25, 0.3) is 12.2 Å². The third-order valence-electron chi connectivity index (χ3n) is 13.4. The van der Waals surface area contributed by atoms with Crippen LogP contribution in [0.5, 0.6) is 69.0 Å². The Morgan fingerprint density at radius 2 is 0.809 bits per heavy atom. The molecule has 11 rings (SSSR count). The standard InChI is InChI=1S/C56H42O12/c57-33-10-4-28(5-11-33)49-51(42-23-40(64)26-47-53(42)54(43-22-39(63)24-45(66)52(43)49)56(68-47)30-8-14-35(59)15-9-30)41-17-27(2-16-44(41)65)1-3-31-18-38(62)25-46-48(31)50(32-19-36(60)21-37(61)20-32)55(67-46)29-6-12-34(58)13-7-29/h1-26,49-51,54-66H/b3-1-/t49-,50+,51+,54+,55-,56-/m1/s1. The molecule has 0 aromatic heterocycles. The summed E-state index contributed by atoms with van der Waals surface area (Å²) in [5, 5.41) is 110. The van der Waals surface area contributed by atoms with E-state index in [-0.39, 0.29) is 57.5 Å². The number of ether oxygens (including phenoxy) is 2. The SMILES string of the molecule is Oc1ccc([C@H]2c3c(O)cc(O)cc3[C@H]3c4c(cc(O)cc4[C@@H]2c2cc(/C=C\c4cc(O)cc5c4[C@H](c4cc(O)cc(O)c4)[C@@H](c4ccc(O)cc4)O5)ccc2O)O[C@@H]3c2ccc(O)cc2)cc1. The highest BCUT2D eigenvalue weighted by molar-refractivity contribution is 5.77. The lowest BCUT2D eigenvalue weighted by atomic mass is 9.72. The van der Waals surface area contributed by atoms with Crippen molar-refractivity contribution in [2.24, 2.45) is 0 Å². The van der Waals surface area contributed by atoms with E-state index in [4.69, 9.17) is 9.47 Å². The highest BCUT2D eigenvalue weighted by Crippen LogP contribution is 2.63. The molecule has 0 saturated heterocycles. The van der Waals surface area contributed by atoms with Gasteiger partial charge >= 0.3 is 0 Å². The molecule has 2 aliphatic heterocycles. The van der Waals surface area contributed by atoms with Crippen LogP contribution in [-0.2, 0) is 0 Å². The average Bonchev–Trinajstić information content (AvgIpc) is 3.84. The van der Waals surface area contributed by atoms with Gasteiger partial charge in [-0.15, -0.1) is 0 Å². The number of phenolic OH excluding ortho intramolecular Hbond substituents is 10. The summed E-state index contributed by atoms with van der Waals surface area (Å²) in [5.74, 6) is -3.17. The monoisotopic (exact) mass is 906 g/mol. The first-order chi connectivity index (χ1) is 32.8. The third kappa shape index (κ3) is 7.10. The van der Waals surface area contributed by atoms with Gasteiger partial charge in [-0.2, -0.15) is 0 Å². The Morgan fingerprint density at radius 1 is 0.309 bits per heavy atom. The summed E-state index contributed by atoms with van der Waals surface area (Å²) in [7, 11) is 0. The second kappa shape index (κ2) is 15.9. The Kier molecular flexibility index (Phi) is 9.78. The molecule has 8 aromatic carbocycles. The van der Waals surface area contributed by atoms with Crippen LogP contribution >= 0.6 is 0 Å². The van der Waals surface area contributed by atoms with Crippen LogP contribution in [0.15, 0.2) is 146 Å². The normalized spacial score (nSPS) is 19.9. The maximum atomic E-state index is 12.1. The molecule has 12 nitrogen and oxygen atoms in total. The fraction of sp³-hybridized carbons (Fsp3) is 0.107. The Morgan fingerprint density at radius 3 is 1.41 bits per heavy atom. The van der Waals surface area contributed by atoms with Gasteiger partial charge in [-0.05, 0) is 123 Å². The predicted octanol–water partition coefficient (Wildman–Crippen LogP) is 10.7. The molecule has 10 N–H and O–H groups in total. The zero-order chi connectivity index (χ0) is 47.1. The first kappa shape index (κ1) is 41.8. The molecule has 3 aliphatic rings. The summed E-state index contributed by atoms with van der Waals surface area (Å²) in [6.07, 6.45) is 2.15. The van der Waals surface area contributed by atoms with Crippen molar-refractivity contribution in [2.45, 2.75) is 35.9 Å². The molecule has 0 bridgehead atoms. The lowest BCUT2D eigenvalue weighted by Gasteiger charge is -2.31. The van der Waals surface area contributed by atoms with Crippen molar-refractivity contribution in [1.29, 1.82) is 0 Å². The second-order valence-corrected chi connectivity index (χ2v) is 17.6. The van der Waals surface area contributed by atoms with E-state index >= 15 is 0 Å². The molecule has 8 aromatic rings. The largest absolute Gasteiger partial charge is 0.508 e. The van der Waals surface area contributed by atoms with E-state index in [1.807, 2.05) is 0 Å². The molecular formula is C56H42O12. The van der Waals surface area contributed by atoms with Crippen molar-refractivity contribution in [3.05, 3.63) is 212 Å². The number of hydrogen-bond donors (Lipinski definition) is 10. The van der Waals surface area contributed by atoms with Crippen LogP contribution in [0, 0.1) is 0 Å². The molecule has 2 heterocycles. The Bertz CT molecular complexity index is 3310. The van der Waals surface area contributed by atoms with Crippen LogP contribution in [-0.4, -0.2) is 51.1 Å².